The summed E-state index contributed by atoms with van der Waals surface area (Å²) < 4.78 is 11.1. The van der Waals surface area contributed by atoms with E-state index in [9.17, 15) is 5.11 Å². The summed E-state index contributed by atoms with van der Waals surface area (Å²) in [6.07, 6.45) is 4.94. The molecule has 1 heterocycles. The van der Waals surface area contributed by atoms with Crippen LogP contribution in [0.15, 0.2) is 24.4 Å². The topological polar surface area (TPSA) is 68.4 Å². The number of hydrogen-bond acceptors (Lipinski definition) is 5. The molecule has 1 fully saturated rings. The first-order valence-electron chi connectivity index (χ1n) is 8.50. The molecule has 0 amide bonds. The number of hydrogen-bond donors (Lipinski definition) is 2. The average molecular weight is 334 g/mol. The van der Waals surface area contributed by atoms with Crippen molar-refractivity contribution in [3.8, 4) is 5.75 Å². The first kappa shape index (κ1) is 16.7. The molecule has 0 aliphatic heterocycles. The largest absolute Gasteiger partial charge is 0.472 e. The highest BCUT2D eigenvalue weighted by Crippen LogP contribution is 2.37. The second kappa shape index (κ2) is 7.16. The van der Waals surface area contributed by atoms with Gasteiger partial charge in [-0.3, -0.25) is 5.73 Å². The minimum Gasteiger partial charge on any atom is -0.472 e. The summed E-state index contributed by atoms with van der Waals surface area (Å²) in [6.45, 7) is 4.58. The molecule has 4 unspecified atom stereocenters. The highest BCUT2D eigenvalue weighted by Gasteiger charge is 2.31. The van der Waals surface area contributed by atoms with Crippen LogP contribution in [-0.2, 0) is 0 Å². The molecule has 3 N–H and O–H groups in total. The van der Waals surface area contributed by atoms with E-state index >= 15 is 0 Å². The Kier molecular flexibility index (Phi) is 5.19. The van der Waals surface area contributed by atoms with E-state index in [-0.39, 0.29) is 0 Å². The molecule has 4 nitrogen and oxygen atoms in total. The van der Waals surface area contributed by atoms with Crippen LogP contribution in [0, 0.1) is 17.8 Å². The van der Waals surface area contributed by atoms with E-state index in [4.69, 9.17) is 10.5 Å². The normalized spacial score (nSPS) is 27.7. The van der Waals surface area contributed by atoms with Gasteiger partial charge in [0.2, 0.25) is 0 Å². The van der Waals surface area contributed by atoms with Crippen molar-refractivity contribution in [1.29, 1.82) is 0 Å². The van der Waals surface area contributed by atoms with E-state index in [0.717, 1.165) is 10.1 Å². The quantitative estimate of drug-likeness (QED) is 0.817. The number of nitrogens with two attached hydrogens (primary N) is 1. The number of fused-ring (bicyclic) bond motifs is 1. The van der Waals surface area contributed by atoms with Crippen molar-refractivity contribution in [3.63, 3.8) is 0 Å². The Morgan fingerprint density at radius 3 is 2.83 bits per heavy atom. The Labute approximate surface area is 141 Å². The van der Waals surface area contributed by atoms with Crippen LogP contribution in [0.2, 0.25) is 0 Å². The van der Waals surface area contributed by atoms with E-state index in [1.54, 1.807) is 6.20 Å². The van der Waals surface area contributed by atoms with Crippen molar-refractivity contribution >= 4 is 21.6 Å². The predicted molar refractivity (Wildman–Crippen MR) is 94.5 cm³/mol. The van der Waals surface area contributed by atoms with Crippen LogP contribution >= 0.6 is 11.5 Å². The van der Waals surface area contributed by atoms with E-state index < -0.39 is 12.3 Å². The summed E-state index contributed by atoms with van der Waals surface area (Å²) in [5, 5.41) is 11.5. The predicted octanol–water partition coefficient (Wildman–Crippen LogP) is 3.78. The fraction of sp³-hybridized carbons (Fsp3) is 0.611. The minimum atomic E-state index is -0.707. The van der Waals surface area contributed by atoms with Crippen molar-refractivity contribution < 1.29 is 9.84 Å². The lowest BCUT2D eigenvalue weighted by Gasteiger charge is -2.36. The molecule has 1 aliphatic carbocycles. The van der Waals surface area contributed by atoms with E-state index in [1.165, 1.54) is 30.8 Å². The Morgan fingerprint density at radius 1 is 1.35 bits per heavy atom. The fourth-order valence-corrected chi connectivity index (χ4v) is 4.49. The first-order chi connectivity index (χ1) is 11.1. The molecule has 1 aromatic heterocycles. The van der Waals surface area contributed by atoms with Gasteiger partial charge < -0.3 is 9.84 Å². The Balaban J connectivity index is 1.65. The summed E-state index contributed by atoms with van der Waals surface area (Å²) in [5.41, 5.74) is 6.13. The molecule has 5 heteroatoms. The molecule has 0 saturated heterocycles. The smallest absolute Gasteiger partial charge is 0.173 e. The van der Waals surface area contributed by atoms with Crippen LogP contribution in [0.3, 0.4) is 0 Å². The van der Waals surface area contributed by atoms with Gasteiger partial charge in [0, 0.05) is 0 Å². The van der Waals surface area contributed by atoms with Crippen LogP contribution in [0.4, 0.5) is 0 Å². The zero-order valence-electron chi connectivity index (χ0n) is 13.8. The van der Waals surface area contributed by atoms with Crippen LogP contribution in [0.1, 0.15) is 39.5 Å². The molecule has 0 spiro atoms. The third-order valence-electron chi connectivity index (χ3n) is 5.30. The molecule has 126 valence electrons. The third-order valence-corrected chi connectivity index (χ3v) is 6.06. The zero-order chi connectivity index (χ0) is 16.4. The highest BCUT2D eigenvalue weighted by molar-refractivity contribution is 7.13. The highest BCUT2D eigenvalue weighted by atomic mass is 32.1. The van der Waals surface area contributed by atoms with Gasteiger partial charge in [-0.2, -0.15) is 4.37 Å². The third kappa shape index (κ3) is 3.67. The van der Waals surface area contributed by atoms with Crippen LogP contribution in [0.25, 0.3) is 10.1 Å². The summed E-state index contributed by atoms with van der Waals surface area (Å²) in [5.74, 6) is 2.51. The molecular weight excluding hydrogens is 308 g/mol. The molecule has 1 saturated carbocycles. The summed E-state index contributed by atoms with van der Waals surface area (Å²) in [4.78, 5) is 0. The standard InChI is InChI=1S/C18H26N2O2S/c1-11-5-3-6-12(2)13(11)9-15(21)18(19)22-16-7-4-8-17-14(16)10-20-23-17/h4,7-8,10-13,15,18,21H,3,5-6,9,19H2,1-2H3. The second-order valence-corrected chi connectivity index (χ2v) is 7.76. The molecule has 1 aliphatic rings. The van der Waals surface area contributed by atoms with Crippen molar-refractivity contribution in [2.24, 2.45) is 23.5 Å². The zero-order valence-corrected chi connectivity index (χ0v) is 14.6. The van der Waals surface area contributed by atoms with Gasteiger partial charge in [-0.05, 0) is 47.8 Å². The van der Waals surface area contributed by atoms with Crippen molar-refractivity contribution in [3.05, 3.63) is 24.4 Å². The monoisotopic (exact) mass is 334 g/mol. The molecule has 0 radical (unpaired) electrons. The summed E-state index contributed by atoms with van der Waals surface area (Å²) in [7, 11) is 0. The lowest BCUT2D eigenvalue weighted by Crippen LogP contribution is -2.42. The van der Waals surface area contributed by atoms with Crippen molar-refractivity contribution in [2.45, 2.75) is 51.9 Å². The first-order valence-corrected chi connectivity index (χ1v) is 9.27. The molecule has 3 rings (SSSR count). The summed E-state index contributed by atoms with van der Waals surface area (Å²) in [6, 6.07) is 5.82. The van der Waals surface area contributed by atoms with Gasteiger partial charge in [0.05, 0.1) is 16.3 Å². The average Bonchev–Trinajstić information content (AvgIpc) is 3.00. The lowest BCUT2D eigenvalue weighted by atomic mass is 9.71. The van der Waals surface area contributed by atoms with E-state index in [1.807, 2.05) is 18.2 Å². The molecule has 1 aromatic carbocycles. The number of benzene rings is 1. The minimum absolute atomic E-state index is 0.520. The Morgan fingerprint density at radius 2 is 2.09 bits per heavy atom. The SMILES string of the molecule is CC1CCCC(C)C1CC(O)C(N)Oc1cccc2sncc12. The van der Waals surface area contributed by atoms with Gasteiger partial charge in [-0.25, -0.2) is 0 Å². The molecular formula is C18H26N2O2S. The number of nitrogens with zero attached hydrogens (tertiary/aromatic N) is 1. The maximum absolute atomic E-state index is 10.5. The van der Waals surface area contributed by atoms with Gasteiger partial charge in [-0.15, -0.1) is 0 Å². The number of aliphatic hydroxyl groups is 1. The Bertz CT molecular complexity index is 635. The molecule has 0 bridgehead atoms. The van der Waals surface area contributed by atoms with Gasteiger partial charge in [0.15, 0.2) is 6.23 Å². The van der Waals surface area contributed by atoms with Gasteiger partial charge in [0.1, 0.15) is 11.9 Å². The van der Waals surface area contributed by atoms with Gasteiger partial charge in [0.25, 0.3) is 0 Å². The van der Waals surface area contributed by atoms with Crippen LogP contribution in [0.5, 0.6) is 5.75 Å². The second-order valence-electron chi connectivity index (χ2n) is 6.93. The van der Waals surface area contributed by atoms with Crippen molar-refractivity contribution in [2.75, 3.05) is 0 Å². The Hall–Kier alpha value is -1.17. The maximum atomic E-state index is 10.5. The molecule has 23 heavy (non-hydrogen) atoms. The van der Waals surface area contributed by atoms with E-state index in [0.29, 0.717) is 29.9 Å². The van der Waals surface area contributed by atoms with Crippen LogP contribution < -0.4 is 10.5 Å². The molecule has 4 atom stereocenters. The molecule has 2 aromatic rings. The van der Waals surface area contributed by atoms with E-state index in [2.05, 4.69) is 18.2 Å². The number of aromatic nitrogens is 1. The number of aliphatic hydroxyl groups excluding tert-OH is 1. The maximum Gasteiger partial charge on any atom is 0.173 e. The van der Waals surface area contributed by atoms with Crippen LogP contribution in [-0.4, -0.2) is 21.8 Å². The van der Waals surface area contributed by atoms with Gasteiger partial charge in [-0.1, -0.05) is 39.2 Å². The number of rotatable bonds is 5. The number of ether oxygens (including phenoxy) is 1. The van der Waals surface area contributed by atoms with Gasteiger partial charge >= 0.3 is 0 Å². The lowest BCUT2D eigenvalue weighted by molar-refractivity contribution is 0.00404. The fourth-order valence-electron chi connectivity index (χ4n) is 3.82. The summed E-state index contributed by atoms with van der Waals surface area (Å²) >= 11 is 1.43. The van der Waals surface area contributed by atoms with Crippen molar-refractivity contribution in [1.82, 2.24) is 4.37 Å².